The van der Waals surface area contributed by atoms with Crippen molar-refractivity contribution in [2.45, 2.75) is 64.9 Å². The smallest absolute Gasteiger partial charge is 0.407 e. The van der Waals surface area contributed by atoms with E-state index < -0.39 is 11.7 Å². The highest BCUT2D eigenvalue weighted by Crippen LogP contribution is 2.26. The Morgan fingerprint density at radius 3 is 2.45 bits per heavy atom. The van der Waals surface area contributed by atoms with E-state index in [0.29, 0.717) is 26.2 Å². The Morgan fingerprint density at radius 2 is 1.81 bits per heavy atom. The molecule has 1 aliphatic rings. The minimum atomic E-state index is -0.555. The van der Waals surface area contributed by atoms with E-state index in [1.165, 1.54) is 0 Å². The summed E-state index contributed by atoms with van der Waals surface area (Å²) in [6, 6.07) is 9.88. The van der Waals surface area contributed by atoms with Crippen LogP contribution in [0.1, 0.15) is 64.9 Å². The normalized spacial score (nSPS) is 17.5. The highest BCUT2D eigenvalue weighted by molar-refractivity contribution is 5.85. The van der Waals surface area contributed by atoms with Gasteiger partial charge in [-0.15, -0.1) is 0 Å². The Morgan fingerprint density at radius 1 is 1.13 bits per heavy atom. The average molecular weight is 432 g/mol. The number of hydrogen-bond acceptors (Lipinski definition) is 4. The molecule has 3 amide bonds. The zero-order valence-electron chi connectivity index (χ0n) is 19.3. The molecular weight excluding hydrogens is 394 g/mol. The number of piperidine rings is 1. The summed E-state index contributed by atoms with van der Waals surface area (Å²) in [6.07, 6.45) is 2.80. The molecule has 2 atom stereocenters. The first-order valence-electron chi connectivity index (χ1n) is 11.3. The van der Waals surface area contributed by atoms with Crippen LogP contribution in [-0.4, -0.2) is 54.6 Å². The van der Waals surface area contributed by atoms with Gasteiger partial charge >= 0.3 is 6.09 Å². The summed E-state index contributed by atoms with van der Waals surface area (Å²) in [7, 11) is 0. The molecule has 0 aliphatic carbocycles. The van der Waals surface area contributed by atoms with E-state index in [1.807, 2.05) is 35.2 Å². The van der Waals surface area contributed by atoms with Crippen LogP contribution in [-0.2, 0) is 14.3 Å². The van der Waals surface area contributed by atoms with Crippen molar-refractivity contribution >= 4 is 17.9 Å². The van der Waals surface area contributed by atoms with E-state index in [0.717, 1.165) is 31.2 Å². The molecule has 0 aromatic heterocycles. The fraction of sp³-hybridized carbons (Fsp3) is 0.625. The van der Waals surface area contributed by atoms with Crippen molar-refractivity contribution in [1.82, 2.24) is 15.5 Å². The maximum Gasteiger partial charge on any atom is 0.407 e. The molecular formula is C24H37N3O4. The topological polar surface area (TPSA) is 87.7 Å². The maximum atomic E-state index is 13.2. The Bertz CT molecular complexity index is 730. The number of alkyl carbamates (subject to hydrolysis) is 1. The second-order valence-corrected chi connectivity index (χ2v) is 9.10. The summed E-state index contributed by atoms with van der Waals surface area (Å²) in [5.74, 6) is -0.351. The largest absolute Gasteiger partial charge is 0.444 e. The third kappa shape index (κ3) is 8.23. The van der Waals surface area contributed by atoms with Crippen LogP contribution in [0.5, 0.6) is 0 Å². The SMILES string of the molecule is CCCC(C(=O)N1CCCC(C(=O)NCCNC(=O)OC(C)(C)C)C1)c1ccccc1. The van der Waals surface area contributed by atoms with Crippen LogP contribution in [0, 0.1) is 5.92 Å². The number of ether oxygens (including phenoxy) is 1. The van der Waals surface area contributed by atoms with Crippen molar-refractivity contribution in [2.24, 2.45) is 5.92 Å². The van der Waals surface area contributed by atoms with Gasteiger partial charge in [0.2, 0.25) is 11.8 Å². The molecule has 1 fully saturated rings. The number of hydrogen-bond donors (Lipinski definition) is 2. The Balaban J connectivity index is 1.84. The van der Waals surface area contributed by atoms with E-state index in [4.69, 9.17) is 4.74 Å². The summed E-state index contributed by atoms with van der Waals surface area (Å²) in [5.41, 5.74) is 0.481. The van der Waals surface area contributed by atoms with Gasteiger partial charge in [0, 0.05) is 26.2 Å². The van der Waals surface area contributed by atoms with Crippen LogP contribution < -0.4 is 10.6 Å². The zero-order valence-corrected chi connectivity index (χ0v) is 19.3. The van der Waals surface area contributed by atoms with E-state index in [1.54, 1.807) is 20.8 Å². The van der Waals surface area contributed by atoms with Gasteiger partial charge in [-0.1, -0.05) is 43.7 Å². The third-order valence-corrected chi connectivity index (χ3v) is 5.27. The van der Waals surface area contributed by atoms with Crippen molar-refractivity contribution < 1.29 is 19.1 Å². The van der Waals surface area contributed by atoms with Gasteiger partial charge in [-0.3, -0.25) is 9.59 Å². The lowest BCUT2D eigenvalue weighted by Crippen LogP contribution is -2.47. The Kier molecular flexibility index (Phi) is 9.34. The first kappa shape index (κ1) is 24.7. The molecule has 0 spiro atoms. The molecule has 172 valence electrons. The van der Waals surface area contributed by atoms with Crippen molar-refractivity contribution in [3.8, 4) is 0 Å². The number of likely N-dealkylation sites (tertiary alicyclic amines) is 1. The molecule has 31 heavy (non-hydrogen) atoms. The summed E-state index contributed by atoms with van der Waals surface area (Å²) >= 11 is 0. The molecule has 1 saturated heterocycles. The van der Waals surface area contributed by atoms with Crippen LogP contribution in [0.3, 0.4) is 0 Å². The fourth-order valence-corrected chi connectivity index (χ4v) is 3.83. The number of carbonyl (C=O) groups is 3. The van der Waals surface area contributed by atoms with E-state index in [9.17, 15) is 14.4 Å². The van der Waals surface area contributed by atoms with Gasteiger partial charge < -0.3 is 20.3 Å². The molecule has 0 saturated carbocycles. The maximum absolute atomic E-state index is 13.2. The first-order valence-corrected chi connectivity index (χ1v) is 11.3. The molecule has 2 N–H and O–H groups in total. The van der Waals surface area contributed by atoms with Crippen LogP contribution in [0.15, 0.2) is 30.3 Å². The van der Waals surface area contributed by atoms with Crippen LogP contribution in [0.4, 0.5) is 4.79 Å². The summed E-state index contributed by atoms with van der Waals surface area (Å²) in [6.45, 7) is 9.23. The highest BCUT2D eigenvalue weighted by atomic mass is 16.6. The van der Waals surface area contributed by atoms with Crippen molar-refractivity contribution in [3.63, 3.8) is 0 Å². The third-order valence-electron chi connectivity index (χ3n) is 5.27. The van der Waals surface area contributed by atoms with Crippen molar-refractivity contribution in [1.29, 1.82) is 0 Å². The molecule has 1 aliphatic heterocycles. The second-order valence-electron chi connectivity index (χ2n) is 9.10. The molecule has 7 heteroatoms. The van der Waals surface area contributed by atoms with Gasteiger partial charge in [0.1, 0.15) is 5.60 Å². The molecule has 1 heterocycles. The molecule has 2 unspecified atom stereocenters. The molecule has 2 rings (SSSR count). The van der Waals surface area contributed by atoms with Gasteiger partial charge in [0.05, 0.1) is 11.8 Å². The zero-order chi connectivity index (χ0) is 22.9. The minimum Gasteiger partial charge on any atom is -0.444 e. The Labute approximate surface area is 185 Å². The summed E-state index contributed by atoms with van der Waals surface area (Å²) in [5, 5.41) is 5.50. The van der Waals surface area contributed by atoms with Gasteiger partial charge in [-0.05, 0) is 45.6 Å². The lowest BCUT2D eigenvalue weighted by molar-refractivity contribution is -0.137. The number of amides is 3. The quantitative estimate of drug-likeness (QED) is 0.617. The van der Waals surface area contributed by atoms with Gasteiger partial charge in [0.25, 0.3) is 0 Å². The molecule has 7 nitrogen and oxygen atoms in total. The fourth-order valence-electron chi connectivity index (χ4n) is 3.83. The van der Waals surface area contributed by atoms with E-state index in [2.05, 4.69) is 17.6 Å². The van der Waals surface area contributed by atoms with E-state index in [-0.39, 0.29) is 23.7 Å². The number of carbonyl (C=O) groups excluding carboxylic acids is 3. The van der Waals surface area contributed by atoms with Crippen LogP contribution in [0.25, 0.3) is 0 Å². The molecule has 0 radical (unpaired) electrons. The number of nitrogens with zero attached hydrogens (tertiary/aromatic N) is 1. The predicted octanol–water partition coefficient (Wildman–Crippen LogP) is 3.45. The Hall–Kier alpha value is -2.57. The van der Waals surface area contributed by atoms with Crippen LogP contribution in [0.2, 0.25) is 0 Å². The van der Waals surface area contributed by atoms with Crippen molar-refractivity contribution in [3.05, 3.63) is 35.9 Å². The predicted molar refractivity (Wildman–Crippen MR) is 121 cm³/mol. The number of benzene rings is 1. The lowest BCUT2D eigenvalue weighted by Gasteiger charge is -2.34. The van der Waals surface area contributed by atoms with Crippen molar-refractivity contribution in [2.75, 3.05) is 26.2 Å². The van der Waals surface area contributed by atoms with Gasteiger partial charge in [-0.2, -0.15) is 0 Å². The molecule has 1 aromatic carbocycles. The summed E-state index contributed by atoms with van der Waals surface area (Å²) < 4.78 is 5.17. The number of nitrogens with one attached hydrogen (secondary N) is 2. The monoisotopic (exact) mass is 431 g/mol. The lowest BCUT2D eigenvalue weighted by atomic mass is 9.90. The van der Waals surface area contributed by atoms with Gasteiger partial charge in [0.15, 0.2) is 0 Å². The first-order chi connectivity index (χ1) is 14.7. The van der Waals surface area contributed by atoms with Crippen LogP contribution >= 0.6 is 0 Å². The molecule has 0 bridgehead atoms. The second kappa shape index (κ2) is 11.7. The highest BCUT2D eigenvalue weighted by Gasteiger charge is 2.32. The number of rotatable bonds is 8. The molecule has 1 aromatic rings. The summed E-state index contributed by atoms with van der Waals surface area (Å²) in [4.78, 5) is 39.4. The van der Waals surface area contributed by atoms with E-state index >= 15 is 0 Å². The standard InChI is InChI=1S/C24H37N3O4/c1-5-10-20(18-11-7-6-8-12-18)22(29)27-16-9-13-19(17-27)21(28)25-14-15-26-23(30)31-24(2,3)4/h6-8,11-12,19-20H,5,9-10,13-17H2,1-4H3,(H,25,28)(H,26,30). The van der Waals surface area contributed by atoms with Gasteiger partial charge in [-0.25, -0.2) is 4.79 Å². The average Bonchev–Trinajstić information content (AvgIpc) is 2.74. The minimum absolute atomic E-state index is 0.0739.